The van der Waals surface area contributed by atoms with Crippen LogP contribution in [0.25, 0.3) is 0 Å². The summed E-state index contributed by atoms with van der Waals surface area (Å²) in [4.78, 5) is 25.6. The van der Waals surface area contributed by atoms with Gasteiger partial charge in [-0.2, -0.15) is 0 Å². The van der Waals surface area contributed by atoms with E-state index >= 15 is 0 Å². The molecule has 1 rings (SSSR count). The standard InChI is InChI=1S/C44H83N2O4/c1-5-7-9-11-13-15-17-19-21-23-25-27-29-31-33-35-43(47)49-41(3)46(39-37-45-38-40-46)42(4)50-44(48)36-34-32-30-28-26-24-22-20-18-16-14-12-10-8-6-2/h19-22,41-42,45H,5-18,23-40H2,1-4H3/q+1. The van der Waals surface area contributed by atoms with Crippen LogP contribution < -0.4 is 5.32 Å². The summed E-state index contributed by atoms with van der Waals surface area (Å²) >= 11 is 0. The molecule has 50 heavy (non-hydrogen) atoms. The summed E-state index contributed by atoms with van der Waals surface area (Å²) in [5.41, 5.74) is 0. The number of hydrogen-bond donors (Lipinski definition) is 1. The maximum absolute atomic E-state index is 12.8. The quantitative estimate of drug-likeness (QED) is 0.0313. The average molecular weight is 704 g/mol. The van der Waals surface area contributed by atoms with Crippen LogP contribution >= 0.6 is 0 Å². The van der Waals surface area contributed by atoms with Gasteiger partial charge in [0.25, 0.3) is 0 Å². The smallest absolute Gasteiger partial charge is 0.310 e. The molecule has 0 radical (unpaired) electrons. The Morgan fingerprint density at radius 2 is 0.800 bits per heavy atom. The molecule has 2 atom stereocenters. The van der Waals surface area contributed by atoms with Crippen molar-refractivity contribution in [1.29, 1.82) is 0 Å². The second-order valence-electron chi connectivity index (χ2n) is 15.1. The van der Waals surface area contributed by atoms with Crippen LogP contribution in [-0.2, 0) is 19.1 Å². The fourth-order valence-electron chi connectivity index (χ4n) is 7.22. The van der Waals surface area contributed by atoms with Gasteiger partial charge in [0.2, 0.25) is 12.5 Å². The molecule has 1 fully saturated rings. The largest absolute Gasteiger partial charge is 0.413 e. The van der Waals surface area contributed by atoms with Crippen molar-refractivity contribution in [1.82, 2.24) is 5.32 Å². The number of carbonyl (C=O) groups excluding carboxylic acids is 2. The summed E-state index contributed by atoms with van der Waals surface area (Å²) in [6.45, 7) is 11.7. The zero-order valence-electron chi connectivity index (χ0n) is 33.7. The Hall–Kier alpha value is -1.66. The first-order valence-electron chi connectivity index (χ1n) is 21.7. The highest BCUT2D eigenvalue weighted by Crippen LogP contribution is 2.24. The average Bonchev–Trinajstić information content (AvgIpc) is 3.11. The third-order valence-corrected chi connectivity index (χ3v) is 10.7. The zero-order chi connectivity index (χ0) is 36.4. The number of nitrogens with one attached hydrogen (secondary N) is 1. The normalized spacial score (nSPS) is 15.8. The molecule has 0 spiro atoms. The van der Waals surface area contributed by atoms with E-state index in [0.29, 0.717) is 17.3 Å². The molecule has 0 amide bonds. The minimum Gasteiger partial charge on any atom is -0.413 e. The molecule has 1 heterocycles. The second kappa shape index (κ2) is 33.2. The molecule has 0 bridgehead atoms. The first-order chi connectivity index (χ1) is 24.5. The third-order valence-electron chi connectivity index (χ3n) is 10.7. The van der Waals surface area contributed by atoms with Crippen molar-refractivity contribution < 1.29 is 23.5 Å². The van der Waals surface area contributed by atoms with Crippen LogP contribution in [0, 0.1) is 0 Å². The molecule has 0 aromatic carbocycles. The number of unbranched alkanes of at least 4 members (excludes halogenated alkanes) is 22. The Labute approximate surface area is 310 Å². The fraction of sp³-hybridized carbons (Fsp3) is 0.864. The molecular weight excluding hydrogens is 620 g/mol. The molecule has 1 aliphatic rings. The number of allylic oxidation sites excluding steroid dienone is 4. The predicted octanol–water partition coefficient (Wildman–Crippen LogP) is 12.3. The second-order valence-corrected chi connectivity index (χ2v) is 15.1. The van der Waals surface area contributed by atoms with Gasteiger partial charge in [-0.05, 0) is 64.2 Å². The van der Waals surface area contributed by atoms with Crippen molar-refractivity contribution in [3.05, 3.63) is 24.3 Å². The maximum atomic E-state index is 12.8. The van der Waals surface area contributed by atoms with Gasteiger partial charge in [-0.1, -0.05) is 141 Å². The monoisotopic (exact) mass is 704 g/mol. The van der Waals surface area contributed by atoms with E-state index in [9.17, 15) is 9.59 Å². The highest BCUT2D eigenvalue weighted by Gasteiger charge is 2.44. The Balaban J connectivity index is 2.18. The number of hydrogen-bond acceptors (Lipinski definition) is 5. The van der Waals surface area contributed by atoms with E-state index in [0.717, 1.165) is 51.9 Å². The minimum atomic E-state index is -0.338. The van der Waals surface area contributed by atoms with Gasteiger partial charge in [0.15, 0.2) is 0 Å². The highest BCUT2D eigenvalue weighted by atomic mass is 16.6. The van der Waals surface area contributed by atoms with E-state index in [4.69, 9.17) is 9.47 Å². The lowest BCUT2D eigenvalue weighted by atomic mass is 10.1. The first kappa shape index (κ1) is 46.4. The summed E-state index contributed by atoms with van der Waals surface area (Å²) in [7, 11) is 0. The van der Waals surface area contributed by atoms with Gasteiger partial charge in [0, 0.05) is 39.8 Å². The summed E-state index contributed by atoms with van der Waals surface area (Å²) in [5, 5.41) is 3.42. The van der Waals surface area contributed by atoms with Crippen molar-refractivity contribution in [2.24, 2.45) is 0 Å². The van der Waals surface area contributed by atoms with Crippen molar-refractivity contribution in [2.75, 3.05) is 26.2 Å². The van der Waals surface area contributed by atoms with Gasteiger partial charge >= 0.3 is 11.9 Å². The lowest BCUT2D eigenvalue weighted by Gasteiger charge is -2.47. The lowest BCUT2D eigenvalue weighted by molar-refractivity contribution is -1.00. The Morgan fingerprint density at radius 3 is 1.14 bits per heavy atom. The number of quaternary nitrogens is 1. The van der Waals surface area contributed by atoms with Crippen molar-refractivity contribution in [3.8, 4) is 0 Å². The number of esters is 2. The Kier molecular flexibility index (Phi) is 30.8. The maximum Gasteiger partial charge on any atom is 0.310 e. The van der Waals surface area contributed by atoms with Crippen LogP contribution in [0.4, 0.5) is 0 Å². The lowest BCUT2D eigenvalue weighted by Crippen LogP contribution is -2.68. The van der Waals surface area contributed by atoms with Gasteiger partial charge in [0.1, 0.15) is 0 Å². The summed E-state index contributed by atoms with van der Waals surface area (Å²) in [6.07, 6.45) is 42.0. The molecule has 0 saturated carbocycles. The summed E-state index contributed by atoms with van der Waals surface area (Å²) in [6, 6.07) is 0. The number of rotatable bonds is 34. The number of carbonyl (C=O) groups is 2. The van der Waals surface area contributed by atoms with Crippen LogP contribution in [0.3, 0.4) is 0 Å². The van der Waals surface area contributed by atoms with Crippen LogP contribution in [0.1, 0.15) is 207 Å². The number of nitrogens with zero attached hydrogens (tertiary/aromatic N) is 1. The molecule has 1 saturated heterocycles. The first-order valence-corrected chi connectivity index (χ1v) is 21.7. The van der Waals surface area contributed by atoms with E-state index in [2.05, 4.69) is 43.5 Å². The third kappa shape index (κ3) is 24.5. The molecule has 0 aromatic heterocycles. The zero-order valence-corrected chi connectivity index (χ0v) is 33.7. The van der Waals surface area contributed by atoms with Gasteiger partial charge in [-0.25, -0.2) is 0 Å². The molecule has 1 N–H and O–H groups in total. The molecule has 6 nitrogen and oxygen atoms in total. The fourth-order valence-corrected chi connectivity index (χ4v) is 7.22. The van der Waals surface area contributed by atoms with Crippen LogP contribution in [-0.4, -0.2) is 55.1 Å². The Morgan fingerprint density at radius 1 is 0.500 bits per heavy atom. The van der Waals surface area contributed by atoms with Crippen molar-refractivity contribution in [3.63, 3.8) is 0 Å². The van der Waals surface area contributed by atoms with E-state index in [-0.39, 0.29) is 24.4 Å². The SMILES string of the molecule is CCCCCCCCC=CCCCCCCCC(=O)OC(C)[N+]1(C(C)OC(=O)CCCCCCCC=CCCCCCCCC)CCNCC1. The predicted molar refractivity (Wildman–Crippen MR) is 213 cm³/mol. The minimum absolute atomic E-state index is 0.127. The van der Waals surface area contributed by atoms with Gasteiger partial charge < -0.3 is 14.8 Å². The van der Waals surface area contributed by atoms with Crippen molar-refractivity contribution in [2.45, 2.75) is 220 Å². The molecule has 1 aliphatic heterocycles. The van der Waals surface area contributed by atoms with Crippen LogP contribution in [0.5, 0.6) is 0 Å². The molecular formula is C44H83N2O4+. The van der Waals surface area contributed by atoms with Gasteiger partial charge in [-0.3, -0.25) is 14.1 Å². The van der Waals surface area contributed by atoms with Gasteiger partial charge in [-0.15, -0.1) is 0 Å². The molecule has 0 aromatic rings. The highest BCUT2D eigenvalue weighted by molar-refractivity contribution is 5.69. The molecule has 2 unspecified atom stereocenters. The summed E-state index contributed by atoms with van der Waals surface area (Å²) < 4.78 is 12.5. The Bertz CT molecular complexity index is 789. The van der Waals surface area contributed by atoms with E-state index in [1.807, 2.05) is 13.8 Å². The topological polar surface area (TPSA) is 64.6 Å². The molecule has 6 heteroatoms. The number of ether oxygens (including phenoxy) is 2. The van der Waals surface area contributed by atoms with Crippen LogP contribution in [0.2, 0.25) is 0 Å². The van der Waals surface area contributed by atoms with Crippen molar-refractivity contribution >= 4 is 11.9 Å². The van der Waals surface area contributed by atoms with E-state index < -0.39 is 0 Å². The van der Waals surface area contributed by atoms with Gasteiger partial charge in [0.05, 0.1) is 13.1 Å². The van der Waals surface area contributed by atoms with E-state index in [1.165, 1.54) is 141 Å². The molecule has 292 valence electrons. The van der Waals surface area contributed by atoms with Crippen LogP contribution in [0.15, 0.2) is 24.3 Å². The summed E-state index contributed by atoms with van der Waals surface area (Å²) in [5.74, 6) is -0.254. The molecule has 0 aliphatic carbocycles. The number of piperazine rings is 1. The van der Waals surface area contributed by atoms with E-state index in [1.54, 1.807) is 0 Å².